The number of aromatic nitrogens is 3. The van der Waals surface area contributed by atoms with Crippen LogP contribution >= 0.6 is 11.3 Å². The van der Waals surface area contributed by atoms with Gasteiger partial charge in [-0.05, 0) is 12.5 Å². The average molecular weight is 233 g/mol. The first-order valence-corrected chi connectivity index (χ1v) is 6.11. The van der Waals surface area contributed by atoms with E-state index in [0.29, 0.717) is 5.92 Å². The van der Waals surface area contributed by atoms with Gasteiger partial charge in [-0.1, -0.05) is 0 Å². The number of nitrogens with zero attached hydrogens (tertiary/aromatic N) is 3. The predicted molar refractivity (Wildman–Crippen MR) is 61.3 cm³/mol. The molecule has 0 bridgehead atoms. The van der Waals surface area contributed by atoms with Gasteiger partial charge in [-0.15, -0.1) is 11.3 Å². The summed E-state index contributed by atoms with van der Waals surface area (Å²) in [6.45, 7) is 1.65. The van der Waals surface area contributed by atoms with Gasteiger partial charge in [-0.2, -0.15) is 0 Å². The number of hydrogen-bond acceptors (Lipinski definition) is 5. The summed E-state index contributed by atoms with van der Waals surface area (Å²) in [6.07, 6.45) is 4.37. The molecule has 1 saturated heterocycles. The predicted octanol–water partition coefficient (Wildman–Crippen LogP) is 2.10. The fourth-order valence-corrected chi connectivity index (χ4v) is 2.65. The Morgan fingerprint density at radius 1 is 1.44 bits per heavy atom. The Morgan fingerprint density at radius 3 is 3.19 bits per heavy atom. The highest BCUT2D eigenvalue weighted by molar-refractivity contribution is 7.13. The number of ether oxygens (including phenoxy) is 1. The molecular weight excluding hydrogens is 222 g/mol. The van der Waals surface area contributed by atoms with Gasteiger partial charge in [0.2, 0.25) is 0 Å². The van der Waals surface area contributed by atoms with E-state index in [2.05, 4.69) is 20.3 Å². The van der Waals surface area contributed by atoms with Crippen molar-refractivity contribution < 1.29 is 4.74 Å². The van der Waals surface area contributed by atoms with E-state index in [1.165, 1.54) is 0 Å². The minimum absolute atomic E-state index is 0.465. The van der Waals surface area contributed by atoms with E-state index in [-0.39, 0.29) is 0 Å². The molecule has 0 spiro atoms. The third-order valence-electron chi connectivity index (χ3n) is 2.67. The second-order valence-electron chi connectivity index (χ2n) is 3.73. The highest BCUT2D eigenvalue weighted by Gasteiger charge is 2.20. The maximum absolute atomic E-state index is 5.37. The molecule has 3 heterocycles. The normalized spacial score (nSPS) is 20.1. The van der Waals surface area contributed by atoms with Crippen LogP contribution in [0.2, 0.25) is 0 Å². The van der Waals surface area contributed by atoms with Gasteiger partial charge in [0.1, 0.15) is 17.0 Å². The lowest BCUT2D eigenvalue weighted by Crippen LogP contribution is -1.97. The first kappa shape index (κ1) is 9.86. The molecule has 0 amide bonds. The molecular formula is C11H11N3OS. The summed E-state index contributed by atoms with van der Waals surface area (Å²) >= 11 is 1.63. The van der Waals surface area contributed by atoms with Crippen LogP contribution < -0.4 is 0 Å². The highest BCUT2D eigenvalue weighted by atomic mass is 32.1. The molecule has 0 aliphatic carbocycles. The van der Waals surface area contributed by atoms with E-state index in [1.54, 1.807) is 23.9 Å². The standard InChI is InChI=1S/C11H11N3OS/c1-3-12-7-13-9(1)11-14-10(6-16-11)8-2-4-15-5-8/h1,3,6-8H,2,4-5H2. The second kappa shape index (κ2) is 4.27. The highest BCUT2D eigenvalue weighted by Crippen LogP contribution is 2.29. The third kappa shape index (κ3) is 1.83. The van der Waals surface area contributed by atoms with Crippen molar-refractivity contribution in [1.82, 2.24) is 15.0 Å². The van der Waals surface area contributed by atoms with Crippen molar-refractivity contribution in [3.05, 3.63) is 29.7 Å². The molecule has 4 nitrogen and oxygen atoms in total. The Kier molecular flexibility index (Phi) is 2.63. The van der Waals surface area contributed by atoms with E-state index in [4.69, 9.17) is 4.74 Å². The van der Waals surface area contributed by atoms with Crippen LogP contribution in [-0.4, -0.2) is 28.2 Å². The first-order valence-electron chi connectivity index (χ1n) is 5.23. The Morgan fingerprint density at radius 2 is 2.44 bits per heavy atom. The summed E-state index contributed by atoms with van der Waals surface area (Å²) < 4.78 is 5.37. The van der Waals surface area contributed by atoms with Crippen LogP contribution in [0.4, 0.5) is 0 Å². The smallest absolute Gasteiger partial charge is 0.142 e. The lowest BCUT2D eigenvalue weighted by Gasteiger charge is -2.01. The van der Waals surface area contributed by atoms with Crippen LogP contribution in [0.3, 0.4) is 0 Å². The van der Waals surface area contributed by atoms with Gasteiger partial charge >= 0.3 is 0 Å². The molecule has 1 aliphatic rings. The number of rotatable bonds is 2. The zero-order chi connectivity index (χ0) is 10.8. The van der Waals surface area contributed by atoms with Crippen LogP contribution in [0, 0.1) is 0 Å². The summed E-state index contributed by atoms with van der Waals surface area (Å²) in [5.74, 6) is 0.465. The average Bonchev–Trinajstić information content (AvgIpc) is 3.01. The van der Waals surface area contributed by atoms with Gasteiger partial charge in [-0.25, -0.2) is 15.0 Å². The minimum Gasteiger partial charge on any atom is -0.381 e. The van der Waals surface area contributed by atoms with Crippen molar-refractivity contribution in [2.75, 3.05) is 13.2 Å². The molecule has 2 aromatic heterocycles. The zero-order valence-corrected chi connectivity index (χ0v) is 9.48. The van der Waals surface area contributed by atoms with Gasteiger partial charge in [0.25, 0.3) is 0 Å². The topological polar surface area (TPSA) is 47.9 Å². The number of hydrogen-bond donors (Lipinski definition) is 0. The summed E-state index contributed by atoms with van der Waals surface area (Å²) in [5, 5.41) is 3.07. The van der Waals surface area contributed by atoms with Crippen molar-refractivity contribution >= 4 is 11.3 Å². The molecule has 0 radical (unpaired) electrons. The molecule has 1 aliphatic heterocycles. The van der Waals surface area contributed by atoms with Gasteiger partial charge in [0, 0.05) is 24.1 Å². The lowest BCUT2D eigenvalue weighted by molar-refractivity contribution is 0.193. The summed E-state index contributed by atoms with van der Waals surface area (Å²) in [7, 11) is 0. The molecule has 5 heteroatoms. The molecule has 3 rings (SSSR count). The SMILES string of the molecule is c1cc(-c2nc(C3CCOC3)cs2)ncn1. The monoisotopic (exact) mass is 233 g/mol. The summed E-state index contributed by atoms with van der Waals surface area (Å²) in [4.78, 5) is 12.7. The fraction of sp³-hybridized carbons (Fsp3) is 0.364. The minimum atomic E-state index is 0.465. The Bertz CT molecular complexity index is 465. The summed E-state index contributed by atoms with van der Waals surface area (Å²) in [6, 6.07) is 1.88. The van der Waals surface area contributed by atoms with Crippen molar-refractivity contribution in [1.29, 1.82) is 0 Å². The van der Waals surface area contributed by atoms with E-state index in [0.717, 1.165) is 36.0 Å². The molecule has 0 aromatic carbocycles. The molecule has 16 heavy (non-hydrogen) atoms. The molecule has 1 atom stereocenters. The van der Waals surface area contributed by atoms with Crippen molar-refractivity contribution in [2.24, 2.45) is 0 Å². The molecule has 0 N–H and O–H groups in total. The van der Waals surface area contributed by atoms with Crippen LogP contribution in [0.1, 0.15) is 18.0 Å². The van der Waals surface area contributed by atoms with E-state index >= 15 is 0 Å². The van der Waals surface area contributed by atoms with Gasteiger partial charge in [0.05, 0.1) is 12.3 Å². The zero-order valence-electron chi connectivity index (χ0n) is 8.67. The van der Waals surface area contributed by atoms with Crippen molar-refractivity contribution in [3.8, 4) is 10.7 Å². The quantitative estimate of drug-likeness (QED) is 0.797. The van der Waals surface area contributed by atoms with Gasteiger partial charge in [-0.3, -0.25) is 0 Å². The fourth-order valence-electron chi connectivity index (χ4n) is 1.78. The second-order valence-corrected chi connectivity index (χ2v) is 4.59. The van der Waals surface area contributed by atoms with Crippen LogP contribution in [0.15, 0.2) is 24.0 Å². The van der Waals surface area contributed by atoms with E-state index in [1.807, 2.05) is 6.07 Å². The van der Waals surface area contributed by atoms with E-state index in [9.17, 15) is 0 Å². The lowest BCUT2D eigenvalue weighted by atomic mass is 10.1. The van der Waals surface area contributed by atoms with Crippen molar-refractivity contribution in [2.45, 2.75) is 12.3 Å². The maximum atomic E-state index is 5.37. The molecule has 0 saturated carbocycles. The maximum Gasteiger partial charge on any atom is 0.142 e. The Balaban J connectivity index is 1.87. The molecule has 1 unspecified atom stereocenters. The first-order chi connectivity index (χ1) is 7.93. The molecule has 2 aromatic rings. The molecule has 82 valence electrons. The summed E-state index contributed by atoms with van der Waals surface area (Å²) in [5.41, 5.74) is 2.03. The van der Waals surface area contributed by atoms with Crippen molar-refractivity contribution in [3.63, 3.8) is 0 Å². The Labute approximate surface area is 97.4 Å². The van der Waals surface area contributed by atoms with Gasteiger partial charge in [0.15, 0.2) is 0 Å². The van der Waals surface area contributed by atoms with Crippen LogP contribution in [-0.2, 0) is 4.74 Å². The molecule has 1 fully saturated rings. The van der Waals surface area contributed by atoms with E-state index < -0.39 is 0 Å². The van der Waals surface area contributed by atoms with Gasteiger partial charge < -0.3 is 4.74 Å². The third-order valence-corrected chi connectivity index (χ3v) is 3.55. The van der Waals surface area contributed by atoms with Crippen LogP contribution in [0.25, 0.3) is 10.7 Å². The number of thiazole rings is 1. The largest absolute Gasteiger partial charge is 0.381 e. The van der Waals surface area contributed by atoms with Crippen LogP contribution in [0.5, 0.6) is 0 Å². The Hall–Kier alpha value is -1.33.